The Labute approximate surface area is 134 Å². The molecule has 0 spiro atoms. The molecule has 1 saturated heterocycles. The molecule has 1 aromatic heterocycles. The fourth-order valence-corrected chi connectivity index (χ4v) is 3.21. The van der Waals surface area contributed by atoms with E-state index in [1.54, 1.807) is 24.4 Å². The highest BCUT2D eigenvalue weighted by Gasteiger charge is 2.29. The maximum absolute atomic E-state index is 13.0. The van der Waals surface area contributed by atoms with Gasteiger partial charge in [0.2, 0.25) is 0 Å². The van der Waals surface area contributed by atoms with Crippen molar-refractivity contribution in [3.63, 3.8) is 0 Å². The molecule has 1 amide bonds. The number of halogens is 1. The number of hydrogen-bond acceptors (Lipinski definition) is 2. The second kappa shape index (κ2) is 6.54. The van der Waals surface area contributed by atoms with Gasteiger partial charge in [0.1, 0.15) is 5.82 Å². The van der Waals surface area contributed by atoms with Gasteiger partial charge in [-0.15, -0.1) is 0 Å². The molecule has 1 aliphatic rings. The minimum Gasteiger partial charge on any atom is -0.388 e. The van der Waals surface area contributed by atoms with Crippen LogP contribution < -0.4 is 0 Å². The summed E-state index contributed by atoms with van der Waals surface area (Å²) in [6, 6.07) is 7.79. The number of rotatable bonds is 3. The highest BCUT2D eigenvalue weighted by Crippen LogP contribution is 2.31. The standard InChI is InChI=1S/C18H21FN2O2/c1-12-16(6-9-20-12)18(23)21-10-7-14(8-11-21)17(22)13-2-4-15(19)5-3-13/h2-6,9,14,17,20,22H,7-8,10-11H2,1H3. The van der Waals surface area contributed by atoms with Crippen molar-refractivity contribution in [3.8, 4) is 0 Å². The summed E-state index contributed by atoms with van der Waals surface area (Å²) in [6.45, 7) is 3.15. The minimum absolute atomic E-state index is 0.0403. The Hall–Kier alpha value is -2.14. The number of hydrogen-bond donors (Lipinski definition) is 2. The Bertz CT molecular complexity index is 673. The number of nitrogens with one attached hydrogen (secondary N) is 1. The molecule has 122 valence electrons. The fourth-order valence-electron chi connectivity index (χ4n) is 3.21. The van der Waals surface area contributed by atoms with Gasteiger partial charge < -0.3 is 15.0 Å². The Morgan fingerprint density at radius 1 is 1.26 bits per heavy atom. The molecule has 1 atom stereocenters. The molecule has 1 aromatic carbocycles. The number of aryl methyl sites for hydroxylation is 1. The molecule has 0 bridgehead atoms. The average molecular weight is 316 g/mol. The van der Waals surface area contributed by atoms with E-state index in [-0.39, 0.29) is 17.6 Å². The van der Waals surface area contributed by atoms with E-state index in [1.807, 2.05) is 11.8 Å². The van der Waals surface area contributed by atoms with Crippen LogP contribution in [0.5, 0.6) is 0 Å². The number of piperidine rings is 1. The molecular weight excluding hydrogens is 295 g/mol. The Kier molecular flexibility index (Phi) is 4.48. The van der Waals surface area contributed by atoms with Crippen LogP contribution in [-0.4, -0.2) is 34.0 Å². The molecular formula is C18H21FN2O2. The van der Waals surface area contributed by atoms with Crippen molar-refractivity contribution in [2.24, 2.45) is 5.92 Å². The Morgan fingerprint density at radius 2 is 1.91 bits per heavy atom. The number of likely N-dealkylation sites (tertiary alicyclic amines) is 1. The van der Waals surface area contributed by atoms with Crippen LogP contribution in [0.4, 0.5) is 4.39 Å². The lowest BCUT2D eigenvalue weighted by atomic mass is 9.87. The first-order valence-electron chi connectivity index (χ1n) is 7.93. The van der Waals surface area contributed by atoms with Crippen LogP contribution in [0.1, 0.15) is 40.6 Å². The fraction of sp³-hybridized carbons (Fsp3) is 0.389. The van der Waals surface area contributed by atoms with Gasteiger partial charge in [0.05, 0.1) is 11.7 Å². The molecule has 5 heteroatoms. The van der Waals surface area contributed by atoms with E-state index in [2.05, 4.69) is 4.98 Å². The smallest absolute Gasteiger partial charge is 0.255 e. The van der Waals surface area contributed by atoms with Crippen LogP contribution in [0.25, 0.3) is 0 Å². The van der Waals surface area contributed by atoms with Gasteiger partial charge in [0.25, 0.3) is 5.91 Å². The average Bonchev–Trinajstić information content (AvgIpc) is 3.00. The number of aromatic amines is 1. The van der Waals surface area contributed by atoms with Crippen LogP contribution >= 0.6 is 0 Å². The number of amides is 1. The monoisotopic (exact) mass is 316 g/mol. The van der Waals surface area contributed by atoms with Crippen molar-refractivity contribution in [2.75, 3.05) is 13.1 Å². The van der Waals surface area contributed by atoms with Gasteiger partial charge in [-0.2, -0.15) is 0 Å². The molecule has 2 heterocycles. The van der Waals surface area contributed by atoms with Gasteiger partial charge in [-0.05, 0) is 49.4 Å². The zero-order chi connectivity index (χ0) is 16.4. The number of aliphatic hydroxyl groups is 1. The lowest BCUT2D eigenvalue weighted by Crippen LogP contribution is -2.39. The molecule has 0 saturated carbocycles. The SMILES string of the molecule is Cc1[nH]ccc1C(=O)N1CCC(C(O)c2ccc(F)cc2)CC1. The third-order valence-corrected chi connectivity index (χ3v) is 4.67. The maximum Gasteiger partial charge on any atom is 0.255 e. The largest absolute Gasteiger partial charge is 0.388 e. The molecule has 2 N–H and O–H groups in total. The van der Waals surface area contributed by atoms with Crippen molar-refractivity contribution in [1.82, 2.24) is 9.88 Å². The van der Waals surface area contributed by atoms with Crippen molar-refractivity contribution in [2.45, 2.75) is 25.9 Å². The zero-order valence-corrected chi connectivity index (χ0v) is 13.1. The summed E-state index contributed by atoms with van der Waals surface area (Å²) in [6.07, 6.45) is 2.65. The summed E-state index contributed by atoms with van der Waals surface area (Å²) in [7, 11) is 0. The summed E-state index contributed by atoms with van der Waals surface area (Å²) in [5.74, 6) is -0.168. The Morgan fingerprint density at radius 3 is 2.48 bits per heavy atom. The van der Waals surface area contributed by atoms with E-state index in [0.717, 1.165) is 24.1 Å². The van der Waals surface area contributed by atoms with Crippen LogP contribution in [0.2, 0.25) is 0 Å². The van der Waals surface area contributed by atoms with Crippen LogP contribution in [-0.2, 0) is 0 Å². The van der Waals surface area contributed by atoms with E-state index in [0.29, 0.717) is 18.7 Å². The predicted molar refractivity (Wildman–Crippen MR) is 85.5 cm³/mol. The normalized spacial score (nSPS) is 17.3. The molecule has 1 fully saturated rings. The molecule has 23 heavy (non-hydrogen) atoms. The summed E-state index contributed by atoms with van der Waals surface area (Å²) in [5, 5.41) is 10.5. The predicted octanol–water partition coefficient (Wildman–Crippen LogP) is 3.05. The van der Waals surface area contributed by atoms with E-state index in [9.17, 15) is 14.3 Å². The number of aromatic nitrogens is 1. The number of aliphatic hydroxyl groups excluding tert-OH is 1. The quantitative estimate of drug-likeness (QED) is 0.914. The number of H-pyrrole nitrogens is 1. The van der Waals surface area contributed by atoms with Gasteiger partial charge >= 0.3 is 0 Å². The van der Waals surface area contributed by atoms with Gasteiger partial charge in [-0.25, -0.2) is 4.39 Å². The van der Waals surface area contributed by atoms with Crippen molar-refractivity contribution < 1.29 is 14.3 Å². The lowest BCUT2D eigenvalue weighted by molar-refractivity contribution is 0.0461. The Balaban J connectivity index is 1.61. The van der Waals surface area contributed by atoms with Crippen molar-refractivity contribution in [3.05, 3.63) is 59.2 Å². The van der Waals surface area contributed by atoms with E-state index < -0.39 is 6.10 Å². The molecule has 1 unspecified atom stereocenters. The topological polar surface area (TPSA) is 56.3 Å². The summed E-state index contributed by atoms with van der Waals surface area (Å²) >= 11 is 0. The van der Waals surface area contributed by atoms with E-state index >= 15 is 0 Å². The first-order valence-corrected chi connectivity index (χ1v) is 7.93. The highest BCUT2D eigenvalue weighted by atomic mass is 19.1. The third kappa shape index (κ3) is 3.29. The highest BCUT2D eigenvalue weighted by molar-refractivity contribution is 5.95. The van der Waals surface area contributed by atoms with Crippen LogP contribution in [0, 0.1) is 18.7 Å². The van der Waals surface area contributed by atoms with E-state index in [4.69, 9.17) is 0 Å². The van der Waals surface area contributed by atoms with Gasteiger partial charge in [-0.1, -0.05) is 12.1 Å². The van der Waals surface area contributed by atoms with Gasteiger partial charge in [0.15, 0.2) is 0 Å². The lowest BCUT2D eigenvalue weighted by Gasteiger charge is -2.34. The van der Waals surface area contributed by atoms with Crippen molar-refractivity contribution >= 4 is 5.91 Å². The second-order valence-electron chi connectivity index (χ2n) is 6.14. The third-order valence-electron chi connectivity index (χ3n) is 4.67. The van der Waals surface area contributed by atoms with E-state index in [1.165, 1.54) is 12.1 Å². The van der Waals surface area contributed by atoms with Gasteiger partial charge in [-0.3, -0.25) is 4.79 Å². The maximum atomic E-state index is 13.0. The second-order valence-corrected chi connectivity index (χ2v) is 6.14. The van der Waals surface area contributed by atoms with Crippen LogP contribution in [0.3, 0.4) is 0 Å². The number of carbonyl (C=O) groups is 1. The van der Waals surface area contributed by atoms with Crippen LogP contribution in [0.15, 0.2) is 36.5 Å². The molecule has 0 aliphatic carbocycles. The zero-order valence-electron chi connectivity index (χ0n) is 13.1. The minimum atomic E-state index is -0.609. The first kappa shape index (κ1) is 15.7. The first-order chi connectivity index (χ1) is 11.1. The van der Waals surface area contributed by atoms with Crippen molar-refractivity contribution in [1.29, 1.82) is 0 Å². The molecule has 0 radical (unpaired) electrons. The number of benzene rings is 1. The molecule has 2 aromatic rings. The summed E-state index contributed by atoms with van der Waals surface area (Å²) < 4.78 is 13.0. The molecule has 4 nitrogen and oxygen atoms in total. The van der Waals surface area contributed by atoms with Gasteiger partial charge in [0, 0.05) is 25.0 Å². The summed E-state index contributed by atoms with van der Waals surface area (Å²) in [5.41, 5.74) is 2.32. The summed E-state index contributed by atoms with van der Waals surface area (Å²) in [4.78, 5) is 17.3. The number of carbonyl (C=O) groups excluding carboxylic acids is 1. The molecule has 3 rings (SSSR count). The molecule has 1 aliphatic heterocycles. The number of nitrogens with zero attached hydrogens (tertiary/aromatic N) is 1.